The zero-order chi connectivity index (χ0) is 95.4. The molecule has 0 saturated carbocycles. The summed E-state index contributed by atoms with van der Waals surface area (Å²) in [6, 6.07) is 16.3. The van der Waals surface area contributed by atoms with Crippen molar-refractivity contribution in [1.82, 2.24) is 0 Å². The molecule has 48 nitrogen and oxygen atoms in total. The van der Waals surface area contributed by atoms with E-state index in [0.717, 1.165) is 78.9 Å². The van der Waals surface area contributed by atoms with Gasteiger partial charge in [0.25, 0.3) is 0 Å². The highest BCUT2D eigenvalue weighted by molar-refractivity contribution is 6.19. The van der Waals surface area contributed by atoms with Crippen LogP contribution in [0.25, 0.3) is 0 Å². The van der Waals surface area contributed by atoms with E-state index in [4.69, 9.17) is 0 Å². The molecule has 0 radical (unpaired) electrons. The largest absolute Gasteiger partial charge is 0.508 e. The Morgan fingerprint density at radius 1 is 0.127 bits per heavy atom. The maximum absolute atomic E-state index is 12.2. The third-order valence-corrected chi connectivity index (χ3v) is 17.0. The minimum absolute atomic E-state index is 0.373. The number of para-hydroxylation sites is 1. The number of rotatable bonds is 12. The highest BCUT2D eigenvalue weighted by Crippen LogP contribution is 2.56. The van der Waals surface area contributed by atoms with Crippen LogP contribution in [0.15, 0.2) is 109 Å². The van der Waals surface area contributed by atoms with E-state index in [1.807, 2.05) is 0 Å². The van der Waals surface area contributed by atoms with Gasteiger partial charge < -0.3 is 214 Å². The van der Waals surface area contributed by atoms with E-state index in [2.05, 4.69) is 0 Å². The van der Waals surface area contributed by atoms with E-state index in [-0.39, 0.29) is 5.75 Å². The van der Waals surface area contributed by atoms with Crippen LogP contribution in [-0.4, -0.2) is 249 Å². The van der Waals surface area contributed by atoms with Crippen LogP contribution < -0.4 is 0 Å². The first kappa shape index (κ1) is 93.4. The molecule has 42 N–H and O–H groups in total. The summed E-state index contributed by atoms with van der Waals surface area (Å²) < 4.78 is 0. The lowest BCUT2D eigenvalue weighted by atomic mass is 9.98. The summed E-state index contributed by atoms with van der Waals surface area (Å²) >= 11 is 0. The Labute approximate surface area is 693 Å². The van der Waals surface area contributed by atoms with Crippen molar-refractivity contribution in [2.45, 2.75) is 0 Å². The number of aromatic hydroxyl groups is 42. The van der Waals surface area contributed by atoms with Gasteiger partial charge in [-0.3, -0.25) is 28.8 Å². The van der Waals surface area contributed by atoms with Crippen LogP contribution in [0.2, 0.25) is 0 Å². The van der Waals surface area contributed by atoms with Gasteiger partial charge in [-0.25, -0.2) is 0 Å². The minimum Gasteiger partial charge on any atom is -0.508 e. The molecule has 0 aromatic heterocycles. The van der Waals surface area contributed by atoms with Crippen molar-refractivity contribution in [3.8, 4) is 241 Å². The highest BCUT2D eigenvalue weighted by Gasteiger charge is 2.36. The van der Waals surface area contributed by atoms with Crippen LogP contribution in [0.3, 0.4) is 0 Å². The Kier molecular flexibility index (Phi) is 26.7. The number of carbonyl (C=O) groups excluding carboxylic acids is 6. The Morgan fingerprint density at radius 2 is 0.357 bits per heavy atom. The van der Waals surface area contributed by atoms with E-state index in [1.54, 1.807) is 0 Å². The summed E-state index contributed by atoms with van der Waals surface area (Å²) in [5.41, 5.74) is -8.40. The molecule has 0 heterocycles. The zero-order valence-electron chi connectivity index (χ0n) is 61.6. The fraction of sp³-hybridized carbons (Fsp3) is 0. The summed E-state index contributed by atoms with van der Waals surface area (Å²) in [5, 5.41) is 396. The van der Waals surface area contributed by atoms with E-state index in [9.17, 15) is 243 Å². The lowest BCUT2D eigenvalue weighted by Gasteiger charge is -2.12. The molecule has 0 saturated heterocycles. The van der Waals surface area contributed by atoms with Crippen LogP contribution in [-0.2, 0) is 0 Å². The molecule has 0 spiro atoms. The molecular weight excluding hydrogens is 1700 g/mol. The maximum Gasteiger partial charge on any atom is 0.208 e. The van der Waals surface area contributed by atoms with Gasteiger partial charge in [-0.15, -0.1) is 0 Å². The van der Waals surface area contributed by atoms with Gasteiger partial charge in [0.1, 0.15) is 67.9 Å². The van der Waals surface area contributed by atoms with Crippen LogP contribution in [0.5, 0.6) is 241 Å². The number of carbonyl (C=O) groups is 6. The SMILES string of the molecule is O=C(c1c(O)ccc(O)c1O)c1c(O)cc(O)c(O)c1O.O=C(c1cc(O)c(O)c(O)c1O)c1c(O)ccc(O)c1O.O=C(c1cc(O)ccc1O)c1c(O)c(O)c(O)c(O)c1O.O=C(c1ccc(O)c(O)c1O)c1c(O)cc(O)c(O)c1O.O=C(c1ccc(O)c(O)c1O)c1cc(O)c(O)c(O)c1O.O=C(c1cccc(O)c1O)c1c(O)c(O)c(O)c(O)c1O. The van der Waals surface area contributed by atoms with E-state index < -0.39 is 337 Å². The predicted molar refractivity (Wildman–Crippen MR) is 408 cm³/mol. The van der Waals surface area contributed by atoms with Crippen LogP contribution in [0.4, 0.5) is 0 Å². The van der Waals surface area contributed by atoms with Crippen LogP contribution in [0.1, 0.15) is 95.5 Å². The second-order valence-corrected chi connectivity index (χ2v) is 24.9. The summed E-state index contributed by atoms with van der Waals surface area (Å²) in [5.74, 6) is -47.2. The quantitative estimate of drug-likeness (QED) is 0.0427. The first-order valence-corrected chi connectivity index (χ1v) is 33.1. The van der Waals surface area contributed by atoms with Gasteiger partial charge >= 0.3 is 0 Å². The monoisotopic (exact) mass is 1760 g/mol. The van der Waals surface area contributed by atoms with Crippen molar-refractivity contribution < 1.29 is 243 Å². The molecule has 0 atom stereocenters. The highest BCUT2D eigenvalue weighted by atomic mass is 16.4. The average molecular weight is 1770 g/mol. The van der Waals surface area contributed by atoms with Gasteiger partial charge in [-0.1, -0.05) is 6.07 Å². The Bertz CT molecular complexity index is 6360. The zero-order valence-corrected chi connectivity index (χ0v) is 61.6. The molecule has 126 heavy (non-hydrogen) atoms. The Balaban J connectivity index is 0.000000207. The second kappa shape index (κ2) is 36.0. The van der Waals surface area contributed by atoms with E-state index in [1.165, 1.54) is 6.07 Å². The van der Waals surface area contributed by atoms with Gasteiger partial charge in [0.05, 0.1) is 33.4 Å². The van der Waals surface area contributed by atoms with Gasteiger partial charge in [-0.05, 0) is 91.0 Å². The number of benzene rings is 12. The minimum atomic E-state index is -1.27. The lowest BCUT2D eigenvalue weighted by Crippen LogP contribution is -2.03. The van der Waals surface area contributed by atoms with E-state index in [0.29, 0.717) is 24.3 Å². The molecular formula is C78H60O48. The van der Waals surface area contributed by atoms with Crippen molar-refractivity contribution in [1.29, 1.82) is 0 Å². The van der Waals surface area contributed by atoms with Gasteiger partial charge in [0, 0.05) is 12.1 Å². The number of hydrogen-bond acceptors (Lipinski definition) is 48. The Morgan fingerprint density at radius 3 is 0.754 bits per heavy atom. The molecule has 12 aromatic carbocycles. The number of hydrogen-bond donors (Lipinski definition) is 42. The average Bonchev–Trinajstić information content (AvgIpc) is 0.778. The molecule has 0 aliphatic rings. The number of phenolic OH excluding ortho intramolecular Hbond substituents is 42. The molecule has 12 rings (SSSR count). The van der Waals surface area contributed by atoms with Gasteiger partial charge in [0.2, 0.25) is 115 Å². The fourth-order valence-corrected chi connectivity index (χ4v) is 10.4. The maximum atomic E-state index is 12.2. The molecule has 0 bridgehead atoms. The number of ketones is 6. The van der Waals surface area contributed by atoms with Gasteiger partial charge in [0.15, 0.2) is 126 Å². The molecule has 0 unspecified atom stereocenters. The third kappa shape index (κ3) is 17.6. The van der Waals surface area contributed by atoms with Crippen LogP contribution >= 0.6 is 0 Å². The first-order valence-electron chi connectivity index (χ1n) is 33.1. The Hall–Kier alpha value is -19.7. The smallest absolute Gasteiger partial charge is 0.208 e. The molecule has 660 valence electrons. The fourth-order valence-electron chi connectivity index (χ4n) is 10.4. The third-order valence-electron chi connectivity index (χ3n) is 17.0. The van der Waals surface area contributed by atoms with Crippen molar-refractivity contribution >= 4 is 34.7 Å². The standard InChI is InChI=1S/6C13H10O8/c14-5-1-2-6(15)11(19)8(5)9(17)4-3-7(16)12(20)13(21)10(4)18;14-6-2-1-4(9(17)11(6)19)8(16)5-3-7(15)12(20)13(21)10(5)18;14-5-2-1-4(10(18)11(5)19)9(17)8-6(15)3-7(16)12(20)13(8)21;14-4-1-2-5(15)10(18)8(4)12(20)9-6(16)3-7(17)11(19)13(9)21;14-4-1-2-6(15)5(3-4)8(16)7-9(17)11(19)13(21)12(20)10(7)18;14-5-3-1-2-4(7(5)15)8(16)6-9(17)11(19)13(21)12(20)10(6)18/h1-3,14-16,18-21H;1-3,14-15,17-21H;1-3,14-16,18-21H;1-3,14-19,21H;2*1-3,14-15,17-21H. The first-order chi connectivity index (χ1) is 58.5. The van der Waals surface area contributed by atoms with Gasteiger partial charge in [-0.2, -0.15) is 0 Å². The molecule has 12 aromatic rings. The van der Waals surface area contributed by atoms with Crippen LogP contribution in [0, 0.1) is 0 Å². The molecule has 0 amide bonds. The van der Waals surface area contributed by atoms with E-state index >= 15 is 0 Å². The molecule has 0 aliphatic heterocycles. The normalized spacial score (nSPS) is 10.5. The number of phenols is 42. The summed E-state index contributed by atoms with van der Waals surface area (Å²) in [7, 11) is 0. The lowest BCUT2D eigenvalue weighted by molar-refractivity contribution is 0.101. The summed E-state index contributed by atoms with van der Waals surface area (Å²) in [4.78, 5) is 73.1. The topological polar surface area (TPSA) is 952 Å². The van der Waals surface area contributed by atoms with Crippen molar-refractivity contribution in [3.05, 3.63) is 176 Å². The van der Waals surface area contributed by atoms with Crippen molar-refractivity contribution in [2.75, 3.05) is 0 Å². The molecule has 0 aliphatic carbocycles. The molecule has 48 heteroatoms. The predicted octanol–water partition coefficient (Wildman–Crippen LogP) is 5.14. The summed E-state index contributed by atoms with van der Waals surface area (Å²) in [6.07, 6.45) is 0. The summed E-state index contributed by atoms with van der Waals surface area (Å²) in [6.45, 7) is 0. The van der Waals surface area contributed by atoms with Crippen molar-refractivity contribution in [2.24, 2.45) is 0 Å². The molecule has 0 fully saturated rings. The van der Waals surface area contributed by atoms with Crippen molar-refractivity contribution in [3.63, 3.8) is 0 Å². The second-order valence-electron chi connectivity index (χ2n) is 24.9.